The topological polar surface area (TPSA) is 49.3 Å². The van der Waals surface area contributed by atoms with Crippen LogP contribution < -0.4 is 5.32 Å². The number of halogens is 2. The molecule has 1 amide bonds. The Balaban J connectivity index is 2.34. The van der Waals surface area contributed by atoms with Gasteiger partial charge in [0.1, 0.15) is 10.7 Å². The van der Waals surface area contributed by atoms with Gasteiger partial charge in [0.15, 0.2) is 0 Å². The van der Waals surface area contributed by atoms with Crippen molar-refractivity contribution >= 4 is 38.9 Å². The molecule has 0 spiro atoms. The van der Waals surface area contributed by atoms with Crippen molar-refractivity contribution in [3.8, 4) is 0 Å². The van der Waals surface area contributed by atoms with Crippen LogP contribution in [-0.2, 0) is 0 Å². The van der Waals surface area contributed by atoms with Gasteiger partial charge in [0.2, 0.25) is 0 Å². The normalized spacial score (nSPS) is 12.6. The molecule has 2 rings (SSSR count). The third-order valence-corrected chi connectivity index (χ3v) is 4.50. The Morgan fingerprint density at radius 1 is 1.58 bits per heavy atom. The van der Waals surface area contributed by atoms with E-state index in [2.05, 4.69) is 5.32 Å². The molecule has 2 aromatic rings. The van der Waals surface area contributed by atoms with Crippen molar-refractivity contribution in [2.75, 3.05) is 6.61 Å². The predicted octanol–water partition coefficient (Wildman–Crippen LogP) is 3.19. The lowest BCUT2D eigenvalue weighted by Gasteiger charge is -2.13. The molecule has 2 N–H and O–H groups in total. The Bertz CT molecular complexity index is 610. The molecule has 1 aromatic heterocycles. The molecule has 1 atom stereocenters. The Kier molecular flexibility index (Phi) is 4.39. The van der Waals surface area contributed by atoms with Gasteiger partial charge < -0.3 is 10.4 Å². The van der Waals surface area contributed by atoms with Crippen LogP contribution in [0.15, 0.2) is 18.2 Å². The zero-order chi connectivity index (χ0) is 14.0. The third-order valence-electron chi connectivity index (χ3n) is 2.85. The lowest BCUT2D eigenvalue weighted by molar-refractivity contribution is 0.0919. The molecule has 0 radical (unpaired) electrons. The number of carbonyl (C=O) groups excluding carboxylic acids is 1. The second-order valence-electron chi connectivity index (χ2n) is 4.15. The zero-order valence-corrected chi connectivity index (χ0v) is 11.8. The fourth-order valence-corrected chi connectivity index (χ4v) is 3.16. The molecule has 0 saturated heterocycles. The highest BCUT2D eigenvalue weighted by Gasteiger charge is 2.19. The minimum atomic E-state index is -0.362. The maximum atomic E-state index is 13.1. The highest BCUT2D eigenvalue weighted by atomic mass is 35.5. The number of amides is 1. The first-order valence-corrected chi connectivity index (χ1v) is 7.05. The van der Waals surface area contributed by atoms with Gasteiger partial charge >= 0.3 is 0 Å². The lowest BCUT2D eigenvalue weighted by atomic mass is 10.2. The predicted molar refractivity (Wildman–Crippen MR) is 75.4 cm³/mol. The molecule has 1 heterocycles. The van der Waals surface area contributed by atoms with Gasteiger partial charge in [-0.1, -0.05) is 18.5 Å². The summed E-state index contributed by atoms with van der Waals surface area (Å²) in [5.74, 6) is -0.702. The fraction of sp³-hybridized carbons (Fsp3) is 0.308. The lowest BCUT2D eigenvalue weighted by Crippen LogP contribution is -2.36. The second kappa shape index (κ2) is 5.86. The molecule has 1 aromatic carbocycles. The molecule has 1 unspecified atom stereocenters. The highest BCUT2D eigenvalue weighted by molar-refractivity contribution is 7.21. The van der Waals surface area contributed by atoms with Gasteiger partial charge in [0.05, 0.1) is 17.7 Å². The van der Waals surface area contributed by atoms with Crippen molar-refractivity contribution in [1.82, 2.24) is 5.32 Å². The van der Waals surface area contributed by atoms with Gasteiger partial charge in [0, 0.05) is 10.1 Å². The van der Waals surface area contributed by atoms with Crippen molar-refractivity contribution in [2.24, 2.45) is 0 Å². The van der Waals surface area contributed by atoms with E-state index in [1.807, 2.05) is 6.92 Å². The van der Waals surface area contributed by atoms with Crippen molar-refractivity contribution in [2.45, 2.75) is 19.4 Å². The van der Waals surface area contributed by atoms with Crippen LogP contribution in [0.1, 0.15) is 23.0 Å². The van der Waals surface area contributed by atoms with Crippen LogP contribution >= 0.6 is 22.9 Å². The summed E-state index contributed by atoms with van der Waals surface area (Å²) in [6.07, 6.45) is 0.624. The zero-order valence-electron chi connectivity index (χ0n) is 10.2. The quantitative estimate of drug-likeness (QED) is 0.911. The third kappa shape index (κ3) is 2.88. The monoisotopic (exact) mass is 301 g/mol. The summed E-state index contributed by atoms with van der Waals surface area (Å²) >= 11 is 7.28. The minimum absolute atomic E-state index is 0.126. The van der Waals surface area contributed by atoms with Crippen LogP contribution in [0.25, 0.3) is 10.1 Å². The van der Waals surface area contributed by atoms with Gasteiger partial charge in [-0.2, -0.15) is 0 Å². The van der Waals surface area contributed by atoms with E-state index < -0.39 is 0 Å². The summed E-state index contributed by atoms with van der Waals surface area (Å²) in [6, 6.07) is 3.92. The SMILES string of the molecule is CCC(CO)NC(=O)c1sc2cc(F)ccc2c1Cl. The van der Waals surface area contributed by atoms with Crippen molar-refractivity contribution in [3.05, 3.63) is 33.9 Å². The molecular formula is C13H13ClFNO2S. The Hall–Kier alpha value is -1.17. The Labute approximate surface area is 119 Å². The summed E-state index contributed by atoms with van der Waals surface area (Å²) < 4.78 is 13.8. The minimum Gasteiger partial charge on any atom is -0.394 e. The number of nitrogens with one attached hydrogen (secondary N) is 1. The van der Waals surface area contributed by atoms with Crippen LogP contribution in [-0.4, -0.2) is 23.7 Å². The average Bonchev–Trinajstić information content (AvgIpc) is 2.72. The molecule has 0 aliphatic carbocycles. The van der Waals surface area contributed by atoms with Gasteiger partial charge in [-0.25, -0.2) is 4.39 Å². The van der Waals surface area contributed by atoms with E-state index in [1.165, 1.54) is 12.1 Å². The van der Waals surface area contributed by atoms with Crippen molar-refractivity contribution < 1.29 is 14.3 Å². The number of benzene rings is 1. The molecule has 0 fully saturated rings. The Morgan fingerprint density at radius 2 is 2.32 bits per heavy atom. The summed E-state index contributed by atoms with van der Waals surface area (Å²) in [5.41, 5.74) is 0. The van der Waals surface area contributed by atoms with Crippen molar-refractivity contribution in [1.29, 1.82) is 0 Å². The van der Waals surface area contributed by atoms with Crippen LogP contribution in [0.4, 0.5) is 4.39 Å². The standard InChI is InChI=1S/C13H13ClFNO2S/c1-2-8(6-17)16-13(18)12-11(14)9-4-3-7(15)5-10(9)19-12/h3-5,8,17H,2,6H2,1H3,(H,16,18). The number of hydrogen-bond acceptors (Lipinski definition) is 3. The maximum Gasteiger partial charge on any atom is 0.263 e. The molecule has 102 valence electrons. The molecular weight excluding hydrogens is 289 g/mol. The van der Waals surface area contributed by atoms with E-state index in [0.29, 0.717) is 26.4 Å². The van der Waals surface area contributed by atoms with E-state index in [0.717, 1.165) is 11.3 Å². The number of hydrogen-bond donors (Lipinski definition) is 2. The number of aliphatic hydroxyl groups is 1. The highest BCUT2D eigenvalue weighted by Crippen LogP contribution is 2.35. The van der Waals surface area contributed by atoms with E-state index in [-0.39, 0.29) is 24.4 Å². The average molecular weight is 302 g/mol. The van der Waals surface area contributed by atoms with E-state index >= 15 is 0 Å². The van der Waals surface area contributed by atoms with Crippen LogP contribution in [0.3, 0.4) is 0 Å². The Morgan fingerprint density at radius 3 is 2.95 bits per heavy atom. The number of fused-ring (bicyclic) bond motifs is 1. The first-order valence-electron chi connectivity index (χ1n) is 5.86. The summed E-state index contributed by atoms with van der Waals surface area (Å²) in [6.45, 7) is 1.74. The summed E-state index contributed by atoms with van der Waals surface area (Å²) in [4.78, 5) is 12.4. The smallest absolute Gasteiger partial charge is 0.263 e. The van der Waals surface area contributed by atoms with Crippen LogP contribution in [0.2, 0.25) is 5.02 Å². The van der Waals surface area contributed by atoms with Gasteiger partial charge in [-0.3, -0.25) is 4.79 Å². The van der Waals surface area contributed by atoms with Crippen LogP contribution in [0.5, 0.6) is 0 Å². The first-order chi connectivity index (χ1) is 9.06. The molecule has 0 bridgehead atoms. The van der Waals surface area contributed by atoms with Gasteiger partial charge in [-0.05, 0) is 24.6 Å². The molecule has 0 aliphatic rings. The molecule has 6 heteroatoms. The summed E-state index contributed by atoms with van der Waals surface area (Å²) in [5, 5.41) is 12.8. The molecule has 19 heavy (non-hydrogen) atoms. The van der Waals surface area contributed by atoms with Gasteiger partial charge in [-0.15, -0.1) is 11.3 Å². The molecule has 0 aliphatic heterocycles. The van der Waals surface area contributed by atoms with E-state index in [1.54, 1.807) is 6.07 Å². The second-order valence-corrected chi connectivity index (χ2v) is 5.58. The van der Waals surface area contributed by atoms with Crippen molar-refractivity contribution in [3.63, 3.8) is 0 Å². The van der Waals surface area contributed by atoms with Crippen LogP contribution in [0, 0.1) is 5.82 Å². The van der Waals surface area contributed by atoms with Gasteiger partial charge in [0.25, 0.3) is 5.91 Å². The largest absolute Gasteiger partial charge is 0.394 e. The maximum absolute atomic E-state index is 13.1. The van der Waals surface area contributed by atoms with E-state index in [9.17, 15) is 9.18 Å². The number of aliphatic hydroxyl groups excluding tert-OH is 1. The molecule has 3 nitrogen and oxygen atoms in total. The summed E-state index contributed by atoms with van der Waals surface area (Å²) in [7, 11) is 0. The fourth-order valence-electron chi connectivity index (χ4n) is 1.71. The number of rotatable bonds is 4. The number of thiophene rings is 1. The molecule has 0 saturated carbocycles. The van der Waals surface area contributed by atoms with E-state index in [4.69, 9.17) is 16.7 Å². The number of carbonyl (C=O) groups is 1. The first kappa shape index (κ1) is 14.2.